The summed E-state index contributed by atoms with van der Waals surface area (Å²) >= 11 is 5.82. The van der Waals surface area contributed by atoms with Gasteiger partial charge in [0.15, 0.2) is 0 Å². The predicted molar refractivity (Wildman–Crippen MR) is 69.2 cm³/mol. The first-order valence-electron chi connectivity index (χ1n) is 5.70. The van der Waals surface area contributed by atoms with Crippen LogP contribution < -0.4 is 0 Å². The molecular weight excluding hydrogens is 238 g/mol. The highest BCUT2D eigenvalue weighted by atomic mass is 35.5. The molecule has 0 fully saturated rings. The van der Waals surface area contributed by atoms with Crippen LogP contribution in [0, 0.1) is 0 Å². The molecule has 17 heavy (non-hydrogen) atoms. The van der Waals surface area contributed by atoms with Crippen LogP contribution in [0.15, 0.2) is 24.3 Å². The number of amides is 1. The number of aromatic hydroxyl groups is 1. The Morgan fingerprint density at radius 2 is 2.12 bits per heavy atom. The number of hydrogen-bond donors (Lipinski definition) is 1. The third-order valence-electron chi connectivity index (χ3n) is 2.78. The van der Waals surface area contributed by atoms with Gasteiger partial charge in [0.2, 0.25) is 5.91 Å². The fraction of sp³-hybridized carbons (Fsp3) is 0.462. The minimum atomic E-state index is -0.533. The van der Waals surface area contributed by atoms with Gasteiger partial charge in [-0.05, 0) is 38.5 Å². The number of benzene rings is 1. The average Bonchev–Trinajstić information content (AvgIpc) is 2.29. The Balaban J connectivity index is 2.93. The lowest BCUT2D eigenvalue weighted by Gasteiger charge is -2.29. The van der Waals surface area contributed by atoms with Crippen LogP contribution in [0.3, 0.4) is 0 Å². The molecule has 1 amide bonds. The molecule has 1 aromatic carbocycles. The van der Waals surface area contributed by atoms with Crippen molar-refractivity contribution >= 4 is 17.5 Å². The molecule has 0 radical (unpaired) electrons. The van der Waals surface area contributed by atoms with E-state index in [1.165, 1.54) is 0 Å². The highest BCUT2D eigenvalue weighted by Gasteiger charge is 2.23. The molecule has 0 saturated heterocycles. The van der Waals surface area contributed by atoms with Gasteiger partial charge in [-0.3, -0.25) is 4.79 Å². The monoisotopic (exact) mass is 255 g/mol. The lowest BCUT2D eigenvalue weighted by Crippen LogP contribution is -2.37. The molecule has 0 aliphatic carbocycles. The number of carbonyl (C=O) groups excluding carboxylic acids is 1. The molecule has 0 aromatic heterocycles. The van der Waals surface area contributed by atoms with Crippen LogP contribution in [0.4, 0.5) is 0 Å². The Kier molecular flexibility index (Phi) is 4.82. The Hall–Kier alpha value is -1.22. The fourth-order valence-corrected chi connectivity index (χ4v) is 1.94. The summed E-state index contributed by atoms with van der Waals surface area (Å²) in [5, 5.41) is 8.90. The first-order chi connectivity index (χ1) is 7.97. The zero-order valence-electron chi connectivity index (χ0n) is 10.4. The van der Waals surface area contributed by atoms with Crippen molar-refractivity contribution in [1.82, 2.24) is 4.90 Å². The molecule has 0 bridgehead atoms. The second-order valence-electron chi connectivity index (χ2n) is 4.01. The minimum absolute atomic E-state index is 0.0926. The number of nitrogens with zero attached hydrogens (tertiary/aromatic N) is 1. The molecule has 0 aliphatic rings. The Labute approximate surface area is 107 Å². The maximum atomic E-state index is 11.9. The molecule has 0 heterocycles. The second kappa shape index (κ2) is 5.92. The van der Waals surface area contributed by atoms with Gasteiger partial charge in [-0.1, -0.05) is 12.1 Å². The normalized spacial score (nSPS) is 14.1. The van der Waals surface area contributed by atoms with Crippen molar-refractivity contribution in [3.8, 4) is 5.75 Å². The van der Waals surface area contributed by atoms with Gasteiger partial charge in [0.1, 0.15) is 11.1 Å². The number of halogens is 1. The van der Waals surface area contributed by atoms with Gasteiger partial charge in [-0.25, -0.2) is 0 Å². The average molecular weight is 256 g/mol. The van der Waals surface area contributed by atoms with Crippen molar-refractivity contribution in [2.75, 3.05) is 6.54 Å². The van der Waals surface area contributed by atoms with Crippen molar-refractivity contribution in [2.45, 2.75) is 32.2 Å². The van der Waals surface area contributed by atoms with Gasteiger partial charge in [0.25, 0.3) is 0 Å². The zero-order chi connectivity index (χ0) is 13.0. The van der Waals surface area contributed by atoms with Gasteiger partial charge in [0.05, 0.1) is 6.04 Å². The largest absolute Gasteiger partial charge is 0.508 e. The first-order valence-corrected chi connectivity index (χ1v) is 6.14. The number of alkyl halides is 1. The predicted octanol–water partition coefficient (Wildman–Crippen LogP) is 2.93. The van der Waals surface area contributed by atoms with E-state index in [-0.39, 0.29) is 17.7 Å². The van der Waals surface area contributed by atoms with Crippen molar-refractivity contribution in [3.63, 3.8) is 0 Å². The molecule has 2 atom stereocenters. The van der Waals surface area contributed by atoms with E-state index in [0.717, 1.165) is 5.56 Å². The molecular formula is C13H18ClNO2. The SMILES string of the molecule is CCN(C(=O)C(C)Cl)C(C)c1cccc(O)c1. The molecule has 1 rings (SSSR count). The van der Waals surface area contributed by atoms with E-state index in [0.29, 0.717) is 6.54 Å². The van der Waals surface area contributed by atoms with Crippen LogP contribution in [0.1, 0.15) is 32.4 Å². The zero-order valence-corrected chi connectivity index (χ0v) is 11.1. The number of hydrogen-bond acceptors (Lipinski definition) is 2. The highest BCUT2D eigenvalue weighted by molar-refractivity contribution is 6.30. The summed E-state index contributed by atoms with van der Waals surface area (Å²) in [6.45, 7) is 6.10. The topological polar surface area (TPSA) is 40.5 Å². The van der Waals surface area contributed by atoms with Crippen LogP contribution in [-0.4, -0.2) is 27.8 Å². The van der Waals surface area contributed by atoms with E-state index in [1.807, 2.05) is 19.9 Å². The van der Waals surface area contributed by atoms with Crippen molar-refractivity contribution in [3.05, 3.63) is 29.8 Å². The Bertz CT molecular complexity index is 393. The standard InChI is InChI=1S/C13H18ClNO2/c1-4-15(13(17)9(2)14)10(3)11-6-5-7-12(16)8-11/h5-10,16H,4H2,1-3H3. The van der Waals surface area contributed by atoms with Gasteiger partial charge in [-0.2, -0.15) is 0 Å². The second-order valence-corrected chi connectivity index (χ2v) is 4.67. The number of rotatable bonds is 4. The summed E-state index contributed by atoms with van der Waals surface area (Å²) in [6, 6.07) is 6.83. The highest BCUT2D eigenvalue weighted by Crippen LogP contribution is 2.24. The third kappa shape index (κ3) is 3.37. The molecule has 94 valence electrons. The molecule has 1 N–H and O–H groups in total. The van der Waals surface area contributed by atoms with Crippen molar-refractivity contribution < 1.29 is 9.90 Å². The molecule has 0 saturated carbocycles. The quantitative estimate of drug-likeness (QED) is 0.841. The minimum Gasteiger partial charge on any atom is -0.508 e. The van der Waals surface area contributed by atoms with E-state index in [2.05, 4.69) is 0 Å². The van der Waals surface area contributed by atoms with Crippen LogP contribution in [0.5, 0.6) is 5.75 Å². The van der Waals surface area contributed by atoms with Gasteiger partial charge in [0, 0.05) is 6.54 Å². The lowest BCUT2D eigenvalue weighted by molar-refractivity contribution is -0.132. The molecule has 2 unspecified atom stereocenters. The Morgan fingerprint density at radius 3 is 2.59 bits per heavy atom. The van der Waals surface area contributed by atoms with E-state index < -0.39 is 5.38 Å². The van der Waals surface area contributed by atoms with Crippen LogP contribution >= 0.6 is 11.6 Å². The third-order valence-corrected chi connectivity index (χ3v) is 2.97. The summed E-state index contributed by atoms with van der Waals surface area (Å²) in [4.78, 5) is 13.6. The number of carbonyl (C=O) groups is 1. The summed E-state index contributed by atoms with van der Waals surface area (Å²) in [5.41, 5.74) is 0.900. The van der Waals surface area contributed by atoms with Crippen LogP contribution in [-0.2, 0) is 4.79 Å². The van der Waals surface area contributed by atoms with Crippen LogP contribution in [0.2, 0.25) is 0 Å². The van der Waals surface area contributed by atoms with E-state index >= 15 is 0 Å². The van der Waals surface area contributed by atoms with E-state index in [1.54, 1.807) is 30.0 Å². The molecule has 0 aliphatic heterocycles. The van der Waals surface area contributed by atoms with E-state index in [4.69, 9.17) is 11.6 Å². The first kappa shape index (κ1) is 13.8. The van der Waals surface area contributed by atoms with Gasteiger partial charge >= 0.3 is 0 Å². The molecule has 3 nitrogen and oxygen atoms in total. The smallest absolute Gasteiger partial charge is 0.240 e. The Morgan fingerprint density at radius 1 is 1.47 bits per heavy atom. The summed E-state index contributed by atoms with van der Waals surface area (Å²) in [5.74, 6) is 0.113. The van der Waals surface area contributed by atoms with Gasteiger partial charge in [-0.15, -0.1) is 11.6 Å². The summed E-state index contributed by atoms with van der Waals surface area (Å²) in [6.07, 6.45) is 0. The molecule has 4 heteroatoms. The molecule has 1 aromatic rings. The number of phenols is 1. The summed E-state index contributed by atoms with van der Waals surface area (Å²) < 4.78 is 0. The van der Waals surface area contributed by atoms with Gasteiger partial charge < -0.3 is 10.0 Å². The fourth-order valence-electron chi connectivity index (χ4n) is 1.81. The van der Waals surface area contributed by atoms with Crippen molar-refractivity contribution in [1.29, 1.82) is 0 Å². The summed E-state index contributed by atoms with van der Waals surface area (Å²) in [7, 11) is 0. The lowest BCUT2D eigenvalue weighted by atomic mass is 10.1. The van der Waals surface area contributed by atoms with Crippen molar-refractivity contribution in [2.24, 2.45) is 0 Å². The number of phenolic OH excluding ortho intramolecular Hbond substituents is 1. The molecule has 0 spiro atoms. The van der Waals surface area contributed by atoms with E-state index in [9.17, 15) is 9.90 Å². The maximum Gasteiger partial charge on any atom is 0.240 e. The van der Waals surface area contributed by atoms with Crippen LogP contribution in [0.25, 0.3) is 0 Å². The maximum absolute atomic E-state index is 11.9.